The average molecular weight is 469 g/mol. The minimum atomic E-state index is -0.509. The van der Waals surface area contributed by atoms with Gasteiger partial charge in [-0.15, -0.1) is 0 Å². The molecule has 0 radical (unpaired) electrons. The molecule has 3 aromatic heterocycles. The number of rotatable bonds is 7. The molecule has 0 aliphatic rings. The van der Waals surface area contributed by atoms with Gasteiger partial charge in [0.05, 0.1) is 17.9 Å². The van der Waals surface area contributed by atoms with Crippen molar-refractivity contribution in [2.45, 2.75) is 6.54 Å². The number of para-hydroxylation sites is 1. The van der Waals surface area contributed by atoms with Crippen LogP contribution in [0.1, 0.15) is 17.0 Å². The first-order valence-corrected chi connectivity index (χ1v) is 10.6. The highest BCUT2D eigenvalue weighted by Crippen LogP contribution is 2.30. The Morgan fingerprint density at radius 1 is 1.03 bits per heavy atom. The molecule has 174 valence electrons. The summed E-state index contributed by atoms with van der Waals surface area (Å²) in [4.78, 5) is 12.5. The molecule has 5 rings (SSSR count). The number of hydrazine groups is 1. The van der Waals surface area contributed by atoms with E-state index in [1.54, 1.807) is 53.7 Å². The normalized spacial score (nSPS) is 11.8. The van der Waals surface area contributed by atoms with Gasteiger partial charge < -0.3 is 10.3 Å². The molecule has 0 amide bonds. The second kappa shape index (κ2) is 9.53. The molecular weight excluding hydrogens is 449 g/mol. The van der Waals surface area contributed by atoms with Crippen LogP contribution >= 0.6 is 0 Å². The van der Waals surface area contributed by atoms with Gasteiger partial charge in [0.2, 0.25) is 5.82 Å². The highest BCUT2D eigenvalue weighted by atomic mass is 19.1. The van der Waals surface area contributed by atoms with Crippen molar-refractivity contribution >= 4 is 17.1 Å². The average Bonchev–Trinajstić information content (AvgIpc) is 3.58. The zero-order valence-corrected chi connectivity index (χ0v) is 18.4. The number of hydrogen-bond donors (Lipinski definition) is 2. The molecule has 0 spiro atoms. The van der Waals surface area contributed by atoms with Crippen molar-refractivity contribution in [3.05, 3.63) is 109 Å². The first-order chi connectivity index (χ1) is 17.1. The summed E-state index contributed by atoms with van der Waals surface area (Å²) in [6, 6.07) is 17.1. The second-order valence-electron chi connectivity index (χ2n) is 7.54. The number of pyridine rings is 1. The van der Waals surface area contributed by atoms with Gasteiger partial charge in [-0.1, -0.05) is 35.5 Å². The predicted octanol–water partition coefficient (Wildman–Crippen LogP) is 3.08. The summed E-state index contributed by atoms with van der Waals surface area (Å²) in [6.07, 6.45) is 6.28. The highest BCUT2D eigenvalue weighted by molar-refractivity contribution is 5.93. The van der Waals surface area contributed by atoms with Crippen LogP contribution in [0.2, 0.25) is 0 Å². The van der Waals surface area contributed by atoms with Crippen LogP contribution in [-0.4, -0.2) is 29.9 Å². The van der Waals surface area contributed by atoms with Gasteiger partial charge in [0.15, 0.2) is 0 Å². The van der Waals surface area contributed by atoms with Crippen LogP contribution in [0.4, 0.5) is 10.1 Å². The Hall–Kier alpha value is -4.90. The van der Waals surface area contributed by atoms with E-state index in [1.165, 1.54) is 12.4 Å². The molecule has 0 unspecified atom stereocenters. The molecule has 3 heterocycles. The largest absolute Gasteiger partial charge is 0.392 e. The lowest BCUT2D eigenvalue weighted by molar-refractivity contribution is 0.408. The van der Waals surface area contributed by atoms with Gasteiger partial charge in [-0.2, -0.15) is 10.1 Å². The SMILES string of the molecule is N/C(=C(/c1ccncc1)N(N)c1ccccc1F)c1nc(-c2cccc(Cn3cncn3)c2)no1. The Kier molecular flexibility index (Phi) is 5.97. The minimum Gasteiger partial charge on any atom is -0.392 e. The molecule has 0 bridgehead atoms. The molecule has 11 heteroatoms. The number of halogens is 1. The van der Waals surface area contributed by atoms with Crippen molar-refractivity contribution in [3.63, 3.8) is 0 Å². The second-order valence-corrected chi connectivity index (χ2v) is 7.54. The van der Waals surface area contributed by atoms with Crippen LogP contribution in [0.5, 0.6) is 0 Å². The van der Waals surface area contributed by atoms with Crippen LogP contribution < -0.4 is 16.6 Å². The maximum Gasteiger partial charge on any atom is 0.276 e. The van der Waals surface area contributed by atoms with Gasteiger partial charge in [0, 0.05) is 23.5 Å². The fourth-order valence-corrected chi connectivity index (χ4v) is 3.56. The van der Waals surface area contributed by atoms with E-state index in [2.05, 4.69) is 25.2 Å². The topological polar surface area (TPSA) is 138 Å². The lowest BCUT2D eigenvalue weighted by Gasteiger charge is -2.23. The van der Waals surface area contributed by atoms with Crippen LogP contribution in [0, 0.1) is 5.82 Å². The molecule has 10 nitrogen and oxygen atoms in total. The summed E-state index contributed by atoms with van der Waals surface area (Å²) in [5.74, 6) is 6.22. The summed E-state index contributed by atoms with van der Waals surface area (Å²) >= 11 is 0. The Morgan fingerprint density at radius 2 is 1.86 bits per heavy atom. The van der Waals surface area contributed by atoms with Gasteiger partial charge in [-0.25, -0.2) is 19.9 Å². The van der Waals surface area contributed by atoms with Crippen LogP contribution in [0.3, 0.4) is 0 Å². The maximum absolute atomic E-state index is 14.5. The summed E-state index contributed by atoms with van der Waals surface area (Å²) in [5, 5.41) is 9.37. The van der Waals surface area contributed by atoms with E-state index in [0.717, 1.165) is 16.1 Å². The molecular formula is C24H20FN9O. The lowest BCUT2D eigenvalue weighted by atomic mass is 10.1. The van der Waals surface area contributed by atoms with Crippen molar-refractivity contribution < 1.29 is 8.91 Å². The van der Waals surface area contributed by atoms with E-state index < -0.39 is 5.82 Å². The first-order valence-electron chi connectivity index (χ1n) is 10.6. The van der Waals surface area contributed by atoms with Gasteiger partial charge in [0.25, 0.3) is 5.89 Å². The quantitative estimate of drug-likeness (QED) is 0.272. The lowest BCUT2D eigenvalue weighted by Crippen LogP contribution is -2.32. The zero-order chi connectivity index (χ0) is 24.2. The van der Waals surface area contributed by atoms with Gasteiger partial charge in [-0.05, 0) is 35.9 Å². The predicted molar refractivity (Wildman–Crippen MR) is 127 cm³/mol. The Morgan fingerprint density at radius 3 is 2.63 bits per heavy atom. The van der Waals surface area contributed by atoms with Crippen LogP contribution in [0.15, 0.2) is 90.2 Å². The van der Waals surface area contributed by atoms with Gasteiger partial charge in [-0.3, -0.25) is 9.99 Å². The molecule has 2 aromatic carbocycles. The fraction of sp³-hybridized carbons (Fsp3) is 0.0417. The van der Waals surface area contributed by atoms with Crippen molar-refractivity contribution in [2.24, 2.45) is 11.6 Å². The molecule has 0 saturated heterocycles. The monoisotopic (exact) mass is 469 g/mol. The summed E-state index contributed by atoms with van der Waals surface area (Å²) in [6.45, 7) is 0.539. The van der Waals surface area contributed by atoms with E-state index in [0.29, 0.717) is 17.9 Å². The minimum absolute atomic E-state index is 0.0419. The van der Waals surface area contributed by atoms with Crippen molar-refractivity contribution in [2.75, 3.05) is 5.01 Å². The third-order valence-corrected chi connectivity index (χ3v) is 5.21. The Balaban J connectivity index is 1.53. The Bertz CT molecular complexity index is 1470. The van der Waals surface area contributed by atoms with Gasteiger partial charge >= 0.3 is 0 Å². The van der Waals surface area contributed by atoms with Crippen molar-refractivity contribution in [1.29, 1.82) is 0 Å². The zero-order valence-electron chi connectivity index (χ0n) is 18.4. The number of aromatic nitrogens is 6. The van der Waals surface area contributed by atoms with Crippen molar-refractivity contribution in [3.8, 4) is 11.4 Å². The number of nitrogens with zero attached hydrogens (tertiary/aromatic N) is 7. The number of anilines is 1. The molecule has 0 atom stereocenters. The Labute approximate surface area is 199 Å². The third kappa shape index (κ3) is 4.61. The first kappa shape index (κ1) is 21.9. The summed E-state index contributed by atoms with van der Waals surface area (Å²) in [5.41, 5.74) is 9.27. The number of nitrogens with two attached hydrogens (primary N) is 2. The van der Waals surface area contributed by atoms with Gasteiger partial charge in [0.1, 0.15) is 24.2 Å². The van der Waals surface area contributed by atoms with E-state index in [-0.39, 0.29) is 23.0 Å². The van der Waals surface area contributed by atoms with Crippen LogP contribution in [-0.2, 0) is 6.54 Å². The summed E-state index contributed by atoms with van der Waals surface area (Å²) < 4.78 is 21.7. The third-order valence-electron chi connectivity index (χ3n) is 5.21. The van der Waals surface area contributed by atoms with E-state index in [9.17, 15) is 4.39 Å². The molecule has 0 aliphatic carbocycles. The smallest absolute Gasteiger partial charge is 0.276 e. The highest BCUT2D eigenvalue weighted by Gasteiger charge is 2.22. The van der Waals surface area contributed by atoms with E-state index in [4.69, 9.17) is 16.1 Å². The van der Waals surface area contributed by atoms with Crippen molar-refractivity contribution in [1.82, 2.24) is 29.9 Å². The fourth-order valence-electron chi connectivity index (χ4n) is 3.56. The molecule has 35 heavy (non-hydrogen) atoms. The standard InChI is InChI=1S/C24H20FN9O/c25-19-6-1-2-7-20(19)34(27)22(17-8-10-28-11-9-17)21(26)24-31-23(32-35-24)18-5-3-4-16(12-18)13-33-15-29-14-30-33/h1-12,14-15H,13,26-27H2/b22-21-. The van der Waals surface area contributed by atoms with Crippen LogP contribution in [0.25, 0.3) is 22.8 Å². The summed E-state index contributed by atoms with van der Waals surface area (Å²) in [7, 11) is 0. The number of hydrogen-bond acceptors (Lipinski definition) is 9. The molecule has 0 fully saturated rings. The van der Waals surface area contributed by atoms with E-state index in [1.807, 2.05) is 24.3 Å². The molecule has 5 aromatic rings. The molecule has 4 N–H and O–H groups in total. The van der Waals surface area contributed by atoms with E-state index >= 15 is 0 Å². The molecule has 0 saturated carbocycles. The maximum atomic E-state index is 14.5. The number of benzene rings is 2. The molecule has 0 aliphatic heterocycles.